The number of hydrogen-bond donors (Lipinski definition) is 2. The topological polar surface area (TPSA) is 58.4 Å². The van der Waals surface area contributed by atoms with Crippen LogP contribution >= 0.6 is 0 Å². The molecule has 0 fully saturated rings. The maximum absolute atomic E-state index is 12.0. The third-order valence-electron chi connectivity index (χ3n) is 3.67. The molecule has 1 aromatic rings. The van der Waals surface area contributed by atoms with Crippen LogP contribution in [-0.4, -0.2) is 30.4 Å². The number of hydrogen-bond acceptors (Lipinski definition) is 3. The van der Waals surface area contributed by atoms with Gasteiger partial charge in [-0.1, -0.05) is 52.0 Å². The molecule has 118 valence electrons. The smallest absolute Gasteiger partial charge is 0.237 e. The van der Waals surface area contributed by atoms with Gasteiger partial charge in [-0.15, -0.1) is 0 Å². The van der Waals surface area contributed by atoms with Crippen molar-refractivity contribution in [2.24, 2.45) is 11.1 Å². The number of rotatable bonds is 6. The van der Waals surface area contributed by atoms with Crippen LogP contribution in [0.5, 0.6) is 0 Å². The molecular weight excluding hydrogens is 262 g/mol. The van der Waals surface area contributed by atoms with E-state index < -0.39 is 6.04 Å². The Morgan fingerprint density at radius 1 is 1.33 bits per heavy atom. The van der Waals surface area contributed by atoms with Crippen molar-refractivity contribution in [3.63, 3.8) is 0 Å². The molecule has 0 aliphatic rings. The van der Waals surface area contributed by atoms with Gasteiger partial charge in [-0.25, -0.2) is 0 Å². The van der Waals surface area contributed by atoms with Gasteiger partial charge in [-0.3, -0.25) is 4.79 Å². The fourth-order valence-electron chi connectivity index (χ4n) is 1.95. The summed E-state index contributed by atoms with van der Waals surface area (Å²) in [6.45, 7) is 10.5. The molecule has 0 heterocycles. The first kappa shape index (κ1) is 17.7. The minimum absolute atomic E-state index is 0.0985. The predicted octanol–water partition coefficient (Wildman–Crippen LogP) is 2.13. The van der Waals surface area contributed by atoms with Gasteiger partial charge in [-0.05, 0) is 30.1 Å². The first-order valence-corrected chi connectivity index (χ1v) is 7.53. The van der Waals surface area contributed by atoms with E-state index in [2.05, 4.69) is 36.3 Å². The molecule has 0 aromatic heterocycles. The lowest BCUT2D eigenvalue weighted by atomic mass is 9.87. The van der Waals surface area contributed by atoms with Crippen LogP contribution in [0.15, 0.2) is 24.3 Å². The fourth-order valence-corrected chi connectivity index (χ4v) is 1.95. The summed E-state index contributed by atoms with van der Waals surface area (Å²) >= 11 is 0. The lowest BCUT2D eigenvalue weighted by molar-refractivity contribution is -0.124. The standard InChI is InChI=1S/C17H29N3O/c1-6-20(5)12-14-9-7-8-13(10-14)11-19-16(21)15(18)17(2,3)4/h7-10,15H,6,11-12,18H2,1-5H3,(H,19,21)/t15-/m1/s1. The lowest BCUT2D eigenvalue weighted by Crippen LogP contribution is -2.48. The Balaban J connectivity index is 2.60. The van der Waals surface area contributed by atoms with Crippen molar-refractivity contribution in [2.45, 2.75) is 46.8 Å². The quantitative estimate of drug-likeness (QED) is 0.844. The second-order valence-electron chi connectivity index (χ2n) is 6.71. The second-order valence-corrected chi connectivity index (χ2v) is 6.71. The molecule has 1 aromatic carbocycles. The van der Waals surface area contributed by atoms with Gasteiger partial charge in [0, 0.05) is 13.1 Å². The minimum atomic E-state index is -0.494. The molecule has 0 saturated heterocycles. The van der Waals surface area contributed by atoms with Crippen LogP contribution < -0.4 is 11.1 Å². The van der Waals surface area contributed by atoms with E-state index in [1.54, 1.807) is 0 Å². The van der Waals surface area contributed by atoms with Crippen LogP contribution in [0.3, 0.4) is 0 Å². The first-order chi connectivity index (χ1) is 9.74. The highest BCUT2D eigenvalue weighted by molar-refractivity contribution is 5.82. The van der Waals surface area contributed by atoms with E-state index in [0.29, 0.717) is 6.54 Å². The Hall–Kier alpha value is -1.39. The molecule has 3 N–H and O–H groups in total. The number of carbonyl (C=O) groups excluding carboxylic acids is 1. The minimum Gasteiger partial charge on any atom is -0.351 e. The Labute approximate surface area is 128 Å². The molecule has 4 nitrogen and oxygen atoms in total. The van der Waals surface area contributed by atoms with Crippen molar-refractivity contribution in [3.8, 4) is 0 Å². The molecule has 0 bridgehead atoms. The zero-order valence-corrected chi connectivity index (χ0v) is 13.9. The van der Waals surface area contributed by atoms with Crippen molar-refractivity contribution in [2.75, 3.05) is 13.6 Å². The van der Waals surface area contributed by atoms with E-state index in [1.165, 1.54) is 5.56 Å². The third kappa shape index (κ3) is 5.86. The van der Waals surface area contributed by atoms with Gasteiger partial charge in [0.05, 0.1) is 6.04 Å². The van der Waals surface area contributed by atoms with Crippen LogP contribution in [-0.2, 0) is 17.9 Å². The van der Waals surface area contributed by atoms with Gasteiger partial charge in [0.15, 0.2) is 0 Å². The Morgan fingerprint density at radius 2 is 1.95 bits per heavy atom. The third-order valence-corrected chi connectivity index (χ3v) is 3.67. The predicted molar refractivity (Wildman–Crippen MR) is 87.7 cm³/mol. The molecule has 1 atom stereocenters. The van der Waals surface area contributed by atoms with Crippen LogP contribution in [0.2, 0.25) is 0 Å². The van der Waals surface area contributed by atoms with Crippen molar-refractivity contribution in [3.05, 3.63) is 35.4 Å². The van der Waals surface area contributed by atoms with Crippen LogP contribution in [0.1, 0.15) is 38.8 Å². The molecule has 0 unspecified atom stereocenters. The number of nitrogens with two attached hydrogens (primary N) is 1. The highest BCUT2D eigenvalue weighted by atomic mass is 16.2. The molecule has 4 heteroatoms. The summed E-state index contributed by atoms with van der Waals surface area (Å²) in [7, 11) is 2.09. The number of benzene rings is 1. The SMILES string of the molecule is CCN(C)Cc1cccc(CNC(=O)[C@@H](N)C(C)(C)C)c1. The van der Waals surface area contributed by atoms with Gasteiger partial charge in [0.1, 0.15) is 0 Å². The van der Waals surface area contributed by atoms with Crippen molar-refractivity contribution in [1.82, 2.24) is 10.2 Å². The molecular formula is C17H29N3O. The van der Waals surface area contributed by atoms with E-state index in [1.807, 2.05) is 32.9 Å². The monoisotopic (exact) mass is 291 g/mol. The van der Waals surface area contributed by atoms with Gasteiger partial charge in [0.2, 0.25) is 5.91 Å². The molecule has 1 rings (SSSR count). The van der Waals surface area contributed by atoms with Crippen LogP contribution in [0.25, 0.3) is 0 Å². The summed E-state index contributed by atoms with van der Waals surface area (Å²) in [6.07, 6.45) is 0. The van der Waals surface area contributed by atoms with E-state index in [0.717, 1.165) is 18.7 Å². The molecule has 0 saturated carbocycles. The van der Waals surface area contributed by atoms with Gasteiger partial charge >= 0.3 is 0 Å². The zero-order valence-electron chi connectivity index (χ0n) is 13.9. The van der Waals surface area contributed by atoms with Crippen LogP contribution in [0, 0.1) is 5.41 Å². The van der Waals surface area contributed by atoms with E-state index in [-0.39, 0.29) is 11.3 Å². The van der Waals surface area contributed by atoms with E-state index in [9.17, 15) is 4.79 Å². The van der Waals surface area contributed by atoms with Gasteiger partial charge < -0.3 is 16.0 Å². The average molecular weight is 291 g/mol. The maximum Gasteiger partial charge on any atom is 0.237 e. The second kappa shape index (κ2) is 7.57. The van der Waals surface area contributed by atoms with Gasteiger partial charge in [0.25, 0.3) is 0 Å². The van der Waals surface area contributed by atoms with E-state index in [4.69, 9.17) is 5.73 Å². The normalized spacial score (nSPS) is 13.3. The summed E-state index contributed by atoms with van der Waals surface area (Å²) < 4.78 is 0. The molecule has 21 heavy (non-hydrogen) atoms. The zero-order chi connectivity index (χ0) is 16.0. The Morgan fingerprint density at radius 3 is 2.52 bits per heavy atom. The summed E-state index contributed by atoms with van der Waals surface area (Å²) in [5.41, 5.74) is 8.09. The number of nitrogens with one attached hydrogen (secondary N) is 1. The van der Waals surface area contributed by atoms with E-state index >= 15 is 0 Å². The lowest BCUT2D eigenvalue weighted by Gasteiger charge is -2.25. The van der Waals surface area contributed by atoms with Crippen molar-refractivity contribution < 1.29 is 4.79 Å². The molecule has 0 aliphatic heterocycles. The highest BCUT2D eigenvalue weighted by Crippen LogP contribution is 2.17. The summed E-state index contributed by atoms with van der Waals surface area (Å²) in [5.74, 6) is -0.0985. The number of nitrogens with zero attached hydrogens (tertiary/aromatic N) is 1. The summed E-state index contributed by atoms with van der Waals surface area (Å²) in [6, 6.07) is 7.81. The highest BCUT2D eigenvalue weighted by Gasteiger charge is 2.26. The Kier molecular flexibility index (Phi) is 6.37. The maximum atomic E-state index is 12.0. The largest absolute Gasteiger partial charge is 0.351 e. The van der Waals surface area contributed by atoms with Crippen molar-refractivity contribution >= 4 is 5.91 Å². The average Bonchev–Trinajstić information content (AvgIpc) is 2.43. The molecule has 0 radical (unpaired) electrons. The molecule has 0 aliphatic carbocycles. The number of carbonyl (C=O) groups is 1. The Bertz CT molecular complexity index is 465. The van der Waals surface area contributed by atoms with Crippen LogP contribution in [0.4, 0.5) is 0 Å². The fraction of sp³-hybridized carbons (Fsp3) is 0.588. The first-order valence-electron chi connectivity index (χ1n) is 7.53. The van der Waals surface area contributed by atoms with Gasteiger partial charge in [-0.2, -0.15) is 0 Å². The summed E-state index contributed by atoms with van der Waals surface area (Å²) in [5, 5.41) is 2.92. The van der Waals surface area contributed by atoms with Crippen molar-refractivity contribution in [1.29, 1.82) is 0 Å². The number of amides is 1. The molecule has 0 spiro atoms. The summed E-state index contributed by atoms with van der Waals surface area (Å²) in [4.78, 5) is 14.3. The molecule has 1 amide bonds.